The third-order valence-corrected chi connectivity index (χ3v) is 3.77. The van der Waals surface area contributed by atoms with Crippen LogP contribution in [0.25, 0.3) is 0 Å². The summed E-state index contributed by atoms with van der Waals surface area (Å²) in [6.45, 7) is 1.63. The van der Waals surface area contributed by atoms with Crippen molar-refractivity contribution in [3.05, 3.63) is 34.1 Å². The molecule has 0 fully saturated rings. The van der Waals surface area contributed by atoms with Crippen LogP contribution < -0.4 is 5.32 Å². The first-order valence-corrected chi connectivity index (χ1v) is 6.90. The number of carbonyl (C=O) groups is 1. The summed E-state index contributed by atoms with van der Waals surface area (Å²) in [5.41, 5.74) is -0.558. The minimum Gasteiger partial charge on any atom is -0.325 e. The molecule has 0 radical (unpaired) electrons. The molecule has 0 aliphatic heterocycles. The Bertz CT molecular complexity index is 722. The van der Waals surface area contributed by atoms with Gasteiger partial charge in [0.05, 0.1) is 10.2 Å². The van der Waals surface area contributed by atoms with Crippen molar-refractivity contribution < 1.29 is 14.1 Å². The Hall–Kier alpha value is -2.56. The minimum atomic E-state index is -0.962. The predicted molar refractivity (Wildman–Crippen MR) is 75.8 cm³/mol. The lowest BCUT2D eigenvalue weighted by Gasteiger charge is -2.10. The first-order chi connectivity index (χ1) is 10.4. The number of benzene rings is 1. The number of tetrazole rings is 1. The number of thioether (sulfide) groups is 1. The first-order valence-electron chi connectivity index (χ1n) is 6.02. The van der Waals surface area contributed by atoms with Gasteiger partial charge in [0.25, 0.3) is 0 Å². The topological polar surface area (TPSA) is 116 Å². The Morgan fingerprint density at radius 1 is 1.55 bits per heavy atom. The zero-order chi connectivity index (χ0) is 16.3. The summed E-state index contributed by atoms with van der Waals surface area (Å²) in [7, 11) is 1.64. The van der Waals surface area contributed by atoms with E-state index in [0.717, 1.165) is 23.9 Å². The minimum absolute atomic E-state index is 0.140. The fourth-order valence-electron chi connectivity index (χ4n) is 1.51. The molecule has 1 N–H and O–H groups in total. The Kier molecular flexibility index (Phi) is 4.65. The molecule has 2 aromatic rings. The van der Waals surface area contributed by atoms with E-state index in [9.17, 15) is 19.3 Å². The first kappa shape index (κ1) is 15.8. The summed E-state index contributed by atoms with van der Waals surface area (Å²) in [4.78, 5) is 21.9. The molecule has 1 heterocycles. The van der Waals surface area contributed by atoms with Crippen LogP contribution in [0.1, 0.15) is 6.92 Å². The third-order valence-electron chi connectivity index (χ3n) is 2.64. The molecule has 22 heavy (non-hydrogen) atoms. The third kappa shape index (κ3) is 3.55. The van der Waals surface area contributed by atoms with Gasteiger partial charge in [0.1, 0.15) is 0 Å². The molecule has 9 nitrogen and oxygen atoms in total. The van der Waals surface area contributed by atoms with E-state index < -0.39 is 27.6 Å². The number of carbonyl (C=O) groups excluding carboxylic acids is 1. The van der Waals surface area contributed by atoms with Crippen LogP contribution in [0.2, 0.25) is 0 Å². The highest BCUT2D eigenvalue weighted by atomic mass is 32.2. The maximum atomic E-state index is 13.2. The number of aromatic nitrogens is 4. The monoisotopic (exact) mass is 326 g/mol. The lowest BCUT2D eigenvalue weighted by molar-refractivity contribution is -0.387. The van der Waals surface area contributed by atoms with Gasteiger partial charge in [0.15, 0.2) is 0 Å². The maximum Gasteiger partial charge on any atom is 0.306 e. The number of rotatable bonds is 5. The molecule has 11 heteroatoms. The molecule has 0 aliphatic rings. The molecule has 116 valence electrons. The second-order valence-electron chi connectivity index (χ2n) is 4.26. The molecule has 0 saturated carbocycles. The van der Waals surface area contributed by atoms with Crippen molar-refractivity contribution in [2.24, 2.45) is 7.05 Å². The van der Waals surface area contributed by atoms with Gasteiger partial charge in [-0.1, -0.05) is 11.8 Å². The van der Waals surface area contributed by atoms with E-state index in [0.29, 0.717) is 5.16 Å². The summed E-state index contributed by atoms with van der Waals surface area (Å²) in [6.07, 6.45) is 0. The SMILES string of the molecule is C[C@@H](Sc1nnnn1C)C(=O)Nc1ccc(F)c([N+](=O)[O-])c1. The molecule has 1 atom stereocenters. The number of nitrogens with one attached hydrogen (secondary N) is 1. The molecule has 0 spiro atoms. The van der Waals surface area contributed by atoms with Crippen LogP contribution in [-0.2, 0) is 11.8 Å². The van der Waals surface area contributed by atoms with Crippen molar-refractivity contribution >= 4 is 29.0 Å². The lowest BCUT2D eigenvalue weighted by atomic mass is 10.2. The van der Waals surface area contributed by atoms with E-state index in [1.807, 2.05) is 0 Å². The number of anilines is 1. The zero-order valence-corrected chi connectivity index (χ0v) is 12.4. The summed E-state index contributed by atoms with van der Waals surface area (Å²) in [6, 6.07) is 3.15. The van der Waals surface area contributed by atoms with Crippen LogP contribution in [0.15, 0.2) is 23.4 Å². The van der Waals surface area contributed by atoms with Crippen LogP contribution in [0.4, 0.5) is 15.8 Å². The highest BCUT2D eigenvalue weighted by Crippen LogP contribution is 2.24. The maximum absolute atomic E-state index is 13.2. The number of amides is 1. The van der Waals surface area contributed by atoms with Gasteiger partial charge in [-0.05, 0) is 29.5 Å². The largest absolute Gasteiger partial charge is 0.325 e. The predicted octanol–water partition coefficient (Wildman–Crippen LogP) is 1.38. The number of nitro groups is 1. The van der Waals surface area contributed by atoms with Gasteiger partial charge in [-0.25, -0.2) is 4.68 Å². The fourth-order valence-corrected chi connectivity index (χ4v) is 2.26. The van der Waals surface area contributed by atoms with Crippen molar-refractivity contribution in [1.29, 1.82) is 0 Å². The number of nitrogens with zero attached hydrogens (tertiary/aromatic N) is 5. The smallest absolute Gasteiger partial charge is 0.306 e. The van der Waals surface area contributed by atoms with Gasteiger partial charge in [-0.15, -0.1) is 5.10 Å². The Labute approximate surface area is 128 Å². The van der Waals surface area contributed by atoms with Crippen LogP contribution in [-0.4, -0.2) is 36.3 Å². The standard InChI is InChI=1S/C11H11FN6O3S/c1-6(22-11-14-15-16-17(11)2)10(19)13-7-3-4-8(12)9(5-7)18(20)21/h3-6H,1-2H3,(H,13,19)/t6-/m1/s1. The number of halogens is 1. The van der Waals surface area contributed by atoms with E-state index in [-0.39, 0.29) is 5.69 Å². The number of hydrogen-bond acceptors (Lipinski definition) is 7. The molecular formula is C11H11FN6O3S. The highest BCUT2D eigenvalue weighted by molar-refractivity contribution is 8.00. The van der Waals surface area contributed by atoms with Gasteiger partial charge >= 0.3 is 5.69 Å². The van der Waals surface area contributed by atoms with E-state index in [1.54, 1.807) is 14.0 Å². The van der Waals surface area contributed by atoms with Crippen molar-refractivity contribution in [2.45, 2.75) is 17.3 Å². The second kappa shape index (κ2) is 6.47. The number of hydrogen-bond donors (Lipinski definition) is 1. The zero-order valence-electron chi connectivity index (χ0n) is 11.6. The van der Waals surface area contributed by atoms with Crippen molar-refractivity contribution in [1.82, 2.24) is 20.2 Å². The Morgan fingerprint density at radius 3 is 2.86 bits per heavy atom. The van der Waals surface area contributed by atoms with Crippen LogP contribution in [0, 0.1) is 15.9 Å². The highest BCUT2D eigenvalue weighted by Gasteiger charge is 2.20. The summed E-state index contributed by atoms with van der Waals surface area (Å²) in [5, 5.41) is 23.9. The molecule has 2 rings (SSSR count). The summed E-state index contributed by atoms with van der Waals surface area (Å²) >= 11 is 1.12. The van der Waals surface area contributed by atoms with Gasteiger partial charge in [0, 0.05) is 18.8 Å². The van der Waals surface area contributed by atoms with Crippen LogP contribution in [0.5, 0.6) is 0 Å². The average molecular weight is 326 g/mol. The molecule has 1 aromatic carbocycles. The molecule has 1 amide bonds. The molecule has 1 aromatic heterocycles. The van der Waals surface area contributed by atoms with Gasteiger partial charge < -0.3 is 5.32 Å². The van der Waals surface area contributed by atoms with Crippen LogP contribution in [0.3, 0.4) is 0 Å². The van der Waals surface area contributed by atoms with E-state index in [4.69, 9.17) is 0 Å². The Morgan fingerprint density at radius 2 is 2.27 bits per heavy atom. The lowest BCUT2D eigenvalue weighted by Crippen LogP contribution is -2.23. The molecule has 0 aliphatic carbocycles. The molecule has 0 unspecified atom stereocenters. The van der Waals surface area contributed by atoms with Crippen molar-refractivity contribution in [3.63, 3.8) is 0 Å². The van der Waals surface area contributed by atoms with Crippen molar-refractivity contribution in [3.8, 4) is 0 Å². The molecule has 0 bridgehead atoms. The number of nitro benzene ring substituents is 1. The van der Waals surface area contributed by atoms with Gasteiger partial charge in [-0.3, -0.25) is 14.9 Å². The van der Waals surface area contributed by atoms with Crippen molar-refractivity contribution in [2.75, 3.05) is 5.32 Å². The van der Waals surface area contributed by atoms with E-state index in [2.05, 4.69) is 20.8 Å². The summed E-state index contributed by atoms with van der Waals surface area (Å²) < 4.78 is 14.6. The average Bonchev–Trinajstić information content (AvgIpc) is 2.86. The number of aryl methyl sites for hydroxylation is 1. The second-order valence-corrected chi connectivity index (χ2v) is 5.57. The van der Waals surface area contributed by atoms with E-state index in [1.165, 1.54) is 10.7 Å². The fraction of sp³-hybridized carbons (Fsp3) is 0.273. The molecule has 0 saturated heterocycles. The summed E-state index contributed by atoms with van der Waals surface area (Å²) in [5.74, 6) is -1.37. The quantitative estimate of drug-likeness (QED) is 0.501. The van der Waals surface area contributed by atoms with Gasteiger partial charge in [0.2, 0.25) is 16.9 Å². The van der Waals surface area contributed by atoms with Gasteiger partial charge in [-0.2, -0.15) is 4.39 Å². The van der Waals surface area contributed by atoms with E-state index >= 15 is 0 Å². The van der Waals surface area contributed by atoms with Crippen LogP contribution >= 0.6 is 11.8 Å². The Balaban J connectivity index is 2.07. The molecular weight excluding hydrogens is 315 g/mol. The normalized spacial score (nSPS) is 12.0.